The highest BCUT2D eigenvalue weighted by Crippen LogP contribution is 2.43. The van der Waals surface area contributed by atoms with E-state index in [-0.39, 0.29) is 23.5 Å². The molecule has 0 saturated carbocycles. The second-order valence-corrected chi connectivity index (χ2v) is 11.6. The maximum absolute atomic E-state index is 12.8. The molecule has 0 atom stereocenters. The van der Waals surface area contributed by atoms with Gasteiger partial charge in [0, 0.05) is 41.4 Å². The third-order valence-electron chi connectivity index (χ3n) is 5.99. The zero-order valence-corrected chi connectivity index (χ0v) is 21.3. The van der Waals surface area contributed by atoms with Gasteiger partial charge in [-0.2, -0.15) is 0 Å². The molecule has 0 spiro atoms. The van der Waals surface area contributed by atoms with Crippen LogP contribution in [0.1, 0.15) is 39.2 Å². The molecule has 2 heterocycles. The number of rotatable bonds is 5. The van der Waals surface area contributed by atoms with Crippen LogP contribution in [0.2, 0.25) is 0 Å². The highest BCUT2D eigenvalue weighted by Gasteiger charge is 2.30. The lowest BCUT2D eigenvalue weighted by atomic mass is 9.84. The molecule has 1 amide bonds. The third kappa shape index (κ3) is 5.14. The zero-order chi connectivity index (χ0) is 25.5. The van der Waals surface area contributed by atoms with Crippen LogP contribution in [0.15, 0.2) is 42.6 Å². The van der Waals surface area contributed by atoms with Gasteiger partial charge in [0.2, 0.25) is 15.9 Å². The van der Waals surface area contributed by atoms with Gasteiger partial charge in [-0.05, 0) is 35.2 Å². The minimum absolute atomic E-state index is 0.0517. The number of amides is 1. The van der Waals surface area contributed by atoms with Crippen LogP contribution < -0.4 is 14.4 Å². The number of nitrogens with zero attached hydrogens (tertiary/aromatic N) is 2. The molecule has 1 N–H and O–H groups in total. The van der Waals surface area contributed by atoms with Crippen LogP contribution in [0.5, 0.6) is 5.75 Å². The first-order valence-electron chi connectivity index (χ1n) is 11.3. The number of hydrogen-bond donors (Lipinski definition) is 1. The Morgan fingerprint density at radius 3 is 2.31 bits per heavy atom. The first kappa shape index (κ1) is 24.7. The molecule has 4 rings (SSSR count). The molecule has 0 radical (unpaired) electrons. The summed E-state index contributed by atoms with van der Waals surface area (Å²) in [6.45, 7) is 6.55. The number of ether oxygens (including phenoxy) is 1. The number of Topliss-reactive ketones (excluding diaryl/α,β-unsaturated/α-hetero) is 1. The Morgan fingerprint density at radius 1 is 1.06 bits per heavy atom. The minimum Gasteiger partial charge on any atom is -0.496 e. The van der Waals surface area contributed by atoms with Crippen molar-refractivity contribution < 1.29 is 22.7 Å². The molecule has 0 bridgehead atoms. The van der Waals surface area contributed by atoms with E-state index in [0.29, 0.717) is 35.6 Å². The van der Waals surface area contributed by atoms with Crippen molar-refractivity contribution in [1.29, 1.82) is 0 Å². The number of ketones is 1. The SMILES string of the molecule is COc1c(C(C)(C)C)cc(N2CCC(=O)CC2=O)c2ncc(-c3ccc(NS(C)(=O)=O)cc3)cc12. The number of nitrogens with one attached hydrogen (secondary N) is 1. The number of anilines is 2. The number of fused-ring (bicyclic) bond motifs is 1. The van der Waals surface area contributed by atoms with Crippen molar-refractivity contribution in [3.8, 4) is 16.9 Å². The molecule has 35 heavy (non-hydrogen) atoms. The average molecular weight is 496 g/mol. The average Bonchev–Trinajstić information content (AvgIpc) is 2.76. The van der Waals surface area contributed by atoms with Crippen LogP contribution in [0.3, 0.4) is 0 Å². The van der Waals surface area contributed by atoms with E-state index in [4.69, 9.17) is 9.72 Å². The van der Waals surface area contributed by atoms with Crippen molar-refractivity contribution in [3.05, 3.63) is 48.2 Å². The fourth-order valence-corrected chi connectivity index (χ4v) is 4.88. The Labute approximate surface area is 205 Å². The Morgan fingerprint density at radius 2 is 1.74 bits per heavy atom. The monoisotopic (exact) mass is 495 g/mol. The summed E-state index contributed by atoms with van der Waals surface area (Å²) in [7, 11) is -1.75. The summed E-state index contributed by atoms with van der Waals surface area (Å²) in [5, 5.41) is 0.760. The molecule has 8 nitrogen and oxygen atoms in total. The van der Waals surface area contributed by atoms with Crippen LogP contribution in [-0.2, 0) is 25.0 Å². The van der Waals surface area contributed by atoms with E-state index >= 15 is 0 Å². The van der Waals surface area contributed by atoms with Crippen LogP contribution in [0, 0.1) is 0 Å². The van der Waals surface area contributed by atoms with Gasteiger partial charge >= 0.3 is 0 Å². The Balaban J connectivity index is 1.89. The molecule has 2 aromatic carbocycles. The molecule has 184 valence electrons. The first-order chi connectivity index (χ1) is 16.4. The van der Waals surface area contributed by atoms with Gasteiger partial charge in [-0.3, -0.25) is 19.3 Å². The van der Waals surface area contributed by atoms with Crippen molar-refractivity contribution in [1.82, 2.24) is 4.98 Å². The summed E-state index contributed by atoms with van der Waals surface area (Å²) in [5.74, 6) is 0.401. The van der Waals surface area contributed by atoms with Crippen LogP contribution in [-0.4, -0.2) is 45.0 Å². The summed E-state index contributed by atoms with van der Waals surface area (Å²) in [6.07, 6.45) is 3.04. The minimum atomic E-state index is -3.37. The topological polar surface area (TPSA) is 106 Å². The lowest BCUT2D eigenvalue weighted by Crippen LogP contribution is -2.39. The molecule has 0 aliphatic carbocycles. The lowest BCUT2D eigenvalue weighted by Gasteiger charge is -2.30. The maximum atomic E-state index is 12.8. The highest BCUT2D eigenvalue weighted by molar-refractivity contribution is 7.92. The quantitative estimate of drug-likeness (QED) is 0.530. The summed E-state index contributed by atoms with van der Waals surface area (Å²) >= 11 is 0. The number of carbonyl (C=O) groups is 2. The lowest BCUT2D eigenvalue weighted by molar-refractivity contribution is -0.128. The van der Waals surface area contributed by atoms with Crippen LogP contribution >= 0.6 is 0 Å². The molecule has 1 aromatic heterocycles. The fraction of sp³-hybridized carbons (Fsp3) is 0.346. The molecule has 9 heteroatoms. The maximum Gasteiger partial charge on any atom is 0.234 e. The summed E-state index contributed by atoms with van der Waals surface area (Å²) in [6, 6.07) is 10.9. The van der Waals surface area contributed by atoms with Gasteiger partial charge in [0.25, 0.3) is 0 Å². The molecule has 1 fully saturated rings. The smallest absolute Gasteiger partial charge is 0.234 e. The standard InChI is InChI=1S/C26H29N3O5S/c1-26(2,3)21-14-22(29-11-10-19(30)13-23(29)31)24-20(25(21)34-4)12-17(15-27-24)16-6-8-18(9-7-16)28-35(5,32)33/h6-9,12,14-15,28H,10-11,13H2,1-5H3. The molecule has 1 aliphatic heterocycles. The van der Waals surface area contributed by atoms with E-state index in [2.05, 4.69) is 25.5 Å². The van der Waals surface area contributed by atoms with E-state index in [0.717, 1.165) is 28.3 Å². The number of methoxy groups -OCH3 is 1. The number of hydrogen-bond acceptors (Lipinski definition) is 6. The Bertz CT molecular complexity index is 1420. The highest BCUT2D eigenvalue weighted by atomic mass is 32.2. The summed E-state index contributed by atoms with van der Waals surface area (Å²) in [5.41, 5.74) is 4.08. The number of piperidine rings is 1. The van der Waals surface area contributed by atoms with E-state index in [1.54, 1.807) is 30.3 Å². The number of benzene rings is 2. The van der Waals surface area contributed by atoms with Gasteiger partial charge in [-0.25, -0.2) is 8.42 Å². The Kier molecular flexibility index (Phi) is 6.31. The fourth-order valence-electron chi connectivity index (χ4n) is 4.31. The van der Waals surface area contributed by atoms with Crippen molar-refractivity contribution in [3.63, 3.8) is 0 Å². The third-order valence-corrected chi connectivity index (χ3v) is 6.60. The van der Waals surface area contributed by atoms with E-state index in [9.17, 15) is 18.0 Å². The number of carbonyl (C=O) groups excluding carboxylic acids is 2. The molecular formula is C26H29N3O5S. The number of aromatic nitrogens is 1. The van der Waals surface area contributed by atoms with Crippen molar-refractivity contribution >= 4 is 44.0 Å². The van der Waals surface area contributed by atoms with Crippen molar-refractivity contribution in [2.24, 2.45) is 0 Å². The second-order valence-electron chi connectivity index (χ2n) is 9.81. The van der Waals surface area contributed by atoms with E-state index in [1.165, 1.54) is 0 Å². The molecule has 1 saturated heterocycles. The molecular weight excluding hydrogens is 466 g/mol. The second kappa shape index (κ2) is 8.96. The largest absolute Gasteiger partial charge is 0.496 e. The van der Waals surface area contributed by atoms with Crippen LogP contribution in [0.4, 0.5) is 11.4 Å². The van der Waals surface area contributed by atoms with Gasteiger partial charge in [0.05, 0.1) is 31.0 Å². The summed E-state index contributed by atoms with van der Waals surface area (Å²) < 4.78 is 31.3. The van der Waals surface area contributed by atoms with Crippen molar-refractivity contribution in [2.75, 3.05) is 29.5 Å². The van der Waals surface area contributed by atoms with Crippen molar-refractivity contribution in [2.45, 2.75) is 39.0 Å². The van der Waals surface area contributed by atoms with Crippen LogP contribution in [0.25, 0.3) is 22.0 Å². The van der Waals surface area contributed by atoms with E-state index in [1.807, 2.05) is 24.3 Å². The van der Waals surface area contributed by atoms with Gasteiger partial charge in [0.15, 0.2) is 0 Å². The normalized spacial score (nSPS) is 14.9. The van der Waals surface area contributed by atoms with Gasteiger partial charge < -0.3 is 9.64 Å². The number of pyridine rings is 1. The predicted molar refractivity (Wildman–Crippen MR) is 137 cm³/mol. The Hall–Kier alpha value is -3.46. The molecule has 3 aromatic rings. The molecule has 1 aliphatic rings. The first-order valence-corrected chi connectivity index (χ1v) is 13.2. The van der Waals surface area contributed by atoms with E-state index < -0.39 is 10.0 Å². The van der Waals surface area contributed by atoms with Gasteiger partial charge in [-0.15, -0.1) is 0 Å². The number of sulfonamides is 1. The zero-order valence-electron chi connectivity index (χ0n) is 20.5. The summed E-state index contributed by atoms with van der Waals surface area (Å²) in [4.78, 5) is 31.0. The predicted octanol–water partition coefficient (Wildman–Crippen LogP) is 4.28. The van der Waals surface area contributed by atoms with Gasteiger partial charge in [0.1, 0.15) is 11.5 Å². The molecule has 0 unspecified atom stereocenters. The van der Waals surface area contributed by atoms with Gasteiger partial charge in [-0.1, -0.05) is 32.9 Å².